The van der Waals surface area contributed by atoms with Crippen molar-refractivity contribution in [3.8, 4) is 0 Å². The van der Waals surface area contributed by atoms with Crippen molar-refractivity contribution in [3.05, 3.63) is 0 Å². The Morgan fingerprint density at radius 2 is 1.15 bits per heavy atom. The average Bonchev–Trinajstić information content (AvgIpc) is 2.84. The smallest absolute Gasteiger partial charge is 0.187 e. The first-order valence-corrected chi connectivity index (χ1v) is 10.5. The van der Waals surface area contributed by atoms with Crippen LogP contribution in [0.3, 0.4) is 0 Å². The summed E-state index contributed by atoms with van der Waals surface area (Å²) < 4.78 is 21.1. The molecular weight excluding hydrogens is 472 g/mol. The number of hydrogen-bond donors (Lipinski definition) is 12. The van der Waals surface area contributed by atoms with Crippen molar-refractivity contribution in [2.45, 2.75) is 85.8 Å². The number of ether oxygens (including phenoxy) is 4. The molecule has 2 saturated heterocycles. The Morgan fingerprint density at radius 1 is 0.618 bits per heavy atom. The summed E-state index contributed by atoms with van der Waals surface area (Å²) in [5.41, 5.74) is 0. The second-order valence-corrected chi connectivity index (χ2v) is 8.10. The Morgan fingerprint density at radius 3 is 1.68 bits per heavy atom. The number of aliphatic hydroxyl groups excluding tert-OH is 12. The van der Waals surface area contributed by atoms with Gasteiger partial charge in [-0.15, -0.1) is 0 Å². The third kappa shape index (κ3) is 6.37. The van der Waals surface area contributed by atoms with E-state index in [0.717, 1.165) is 0 Å². The fraction of sp³-hybridized carbons (Fsp3) is 1.00. The van der Waals surface area contributed by atoms with Crippen LogP contribution in [0.5, 0.6) is 0 Å². The van der Waals surface area contributed by atoms with Crippen molar-refractivity contribution in [2.24, 2.45) is 0 Å². The molecule has 12 N–H and O–H groups in total. The van der Waals surface area contributed by atoms with E-state index in [2.05, 4.69) is 0 Å². The highest BCUT2D eigenvalue weighted by atomic mass is 16.7. The van der Waals surface area contributed by atoms with Crippen LogP contribution in [0.15, 0.2) is 0 Å². The van der Waals surface area contributed by atoms with Gasteiger partial charge in [-0.25, -0.2) is 0 Å². The zero-order valence-corrected chi connectivity index (χ0v) is 17.9. The number of rotatable bonds is 11. The van der Waals surface area contributed by atoms with Crippen LogP contribution in [0.1, 0.15) is 0 Å². The standard InChI is InChI=1S/C18H34O16/c19-1-5(23)9(25)15(6(24)2-20)33-18-14(30)16(11(27)8(4-22)32-18)34-17-13(29)12(28)10(26)7(3-21)31-17/h5-30H,1-4H2/t5-,6+,7+,8+,9+,10+,11-,12-,13+,14+,15+,16-,17+,18-/m0/s1. The fourth-order valence-corrected chi connectivity index (χ4v) is 3.65. The number of aliphatic hydroxyl groups is 12. The summed E-state index contributed by atoms with van der Waals surface area (Å²) in [4.78, 5) is 0. The van der Waals surface area contributed by atoms with Crippen LogP contribution in [0, 0.1) is 0 Å². The first-order valence-electron chi connectivity index (χ1n) is 10.5. The van der Waals surface area contributed by atoms with Gasteiger partial charge in [-0.2, -0.15) is 0 Å². The molecule has 0 saturated carbocycles. The maximum Gasteiger partial charge on any atom is 0.187 e. The minimum absolute atomic E-state index is 0.777. The summed E-state index contributed by atoms with van der Waals surface area (Å²) in [6, 6.07) is 0. The Bertz CT molecular complexity index is 596. The highest BCUT2D eigenvalue weighted by molar-refractivity contribution is 4.95. The van der Waals surface area contributed by atoms with Crippen LogP contribution < -0.4 is 0 Å². The molecular formula is C18H34O16. The van der Waals surface area contributed by atoms with E-state index >= 15 is 0 Å². The van der Waals surface area contributed by atoms with Gasteiger partial charge in [0.05, 0.1) is 26.4 Å². The van der Waals surface area contributed by atoms with Crippen LogP contribution in [-0.4, -0.2) is 174 Å². The molecule has 0 aliphatic carbocycles. The van der Waals surface area contributed by atoms with Gasteiger partial charge >= 0.3 is 0 Å². The molecule has 2 aliphatic rings. The summed E-state index contributed by atoms with van der Waals surface area (Å²) in [6.45, 7) is -3.55. The molecule has 0 aromatic heterocycles. The van der Waals surface area contributed by atoms with Crippen molar-refractivity contribution in [1.82, 2.24) is 0 Å². The first kappa shape index (κ1) is 29.6. The van der Waals surface area contributed by atoms with Gasteiger partial charge in [-0.05, 0) is 0 Å². The molecule has 0 bridgehead atoms. The molecule has 0 spiro atoms. The molecule has 2 heterocycles. The van der Waals surface area contributed by atoms with Crippen molar-refractivity contribution in [1.29, 1.82) is 0 Å². The van der Waals surface area contributed by atoms with E-state index in [1.165, 1.54) is 0 Å². The third-order valence-corrected chi connectivity index (χ3v) is 5.74. The van der Waals surface area contributed by atoms with Crippen molar-refractivity contribution in [2.75, 3.05) is 26.4 Å². The largest absolute Gasteiger partial charge is 0.394 e. The molecule has 2 rings (SSSR count). The summed E-state index contributed by atoms with van der Waals surface area (Å²) in [6.07, 6.45) is -24.9. The summed E-state index contributed by atoms with van der Waals surface area (Å²) in [7, 11) is 0. The van der Waals surface area contributed by atoms with E-state index in [9.17, 15) is 56.2 Å². The summed E-state index contributed by atoms with van der Waals surface area (Å²) in [5.74, 6) is 0. The highest BCUT2D eigenvalue weighted by Gasteiger charge is 2.52. The summed E-state index contributed by atoms with van der Waals surface area (Å²) in [5, 5.41) is 118. The van der Waals surface area contributed by atoms with Crippen molar-refractivity contribution >= 4 is 0 Å². The maximum absolute atomic E-state index is 10.7. The molecule has 2 aliphatic heterocycles. The van der Waals surface area contributed by atoms with E-state index in [4.69, 9.17) is 24.1 Å². The van der Waals surface area contributed by atoms with Gasteiger partial charge in [0.2, 0.25) is 0 Å². The first-order chi connectivity index (χ1) is 16.0. The number of hydrogen-bond acceptors (Lipinski definition) is 16. The van der Waals surface area contributed by atoms with E-state index in [1.54, 1.807) is 0 Å². The maximum atomic E-state index is 10.7. The average molecular weight is 506 g/mol. The molecule has 16 heteroatoms. The van der Waals surface area contributed by atoms with Gasteiger partial charge in [-0.3, -0.25) is 0 Å². The predicted octanol–water partition coefficient (Wildman–Crippen LogP) is -7.94. The second kappa shape index (κ2) is 13.1. The Kier molecular flexibility index (Phi) is 11.4. The van der Waals surface area contributed by atoms with Crippen molar-refractivity contribution in [3.63, 3.8) is 0 Å². The topological polar surface area (TPSA) is 280 Å². The van der Waals surface area contributed by atoms with Crippen LogP contribution in [-0.2, 0) is 18.9 Å². The Labute approximate surface area is 193 Å². The quantitative estimate of drug-likeness (QED) is 0.124. The molecule has 0 radical (unpaired) electrons. The van der Waals surface area contributed by atoms with Gasteiger partial charge < -0.3 is 80.2 Å². The molecule has 16 nitrogen and oxygen atoms in total. The van der Waals surface area contributed by atoms with Crippen LogP contribution in [0.2, 0.25) is 0 Å². The monoisotopic (exact) mass is 506 g/mol. The predicted molar refractivity (Wildman–Crippen MR) is 103 cm³/mol. The van der Waals surface area contributed by atoms with Gasteiger partial charge in [0, 0.05) is 0 Å². The van der Waals surface area contributed by atoms with E-state index < -0.39 is 112 Å². The van der Waals surface area contributed by atoms with E-state index in [0.29, 0.717) is 0 Å². The molecule has 14 atom stereocenters. The van der Waals surface area contributed by atoms with E-state index in [1.807, 2.05) is 0 Å². The highest BCUT2D eigenvalue weighted by Crippen LogP contribution is 2.30. The lowest BCUT2D eigenvalue weighted by molar-refractivity contribution is -0.369. The fourth-order valence-electron chi connectivity index (χ4n) is 3.65. The molecule has 0 amide bonds. The van der Waals surface area contributed by atoms with Crippen molar-refractivity contribution < 1.29 is 80.2 Å². The lowest BCUT2D eigenvalue weighted by Crippen LogP contribution is -2.65. The summed E-state index contributed by atoms with van der Waals surface area (Å²) >= 11 is 0. The van der Waals surface area contributed by atoms with Crippen LogP contribution in [0.25, 0.3) is 0 Å². The second-order valence-electron chi connectivity index (χ2n) is 8.10. The molecule has 202 valence electrons. The van der Waals surface area contributed by atoms with Gasteiger partial charge in [0.15, 0.2) is 12.6 Å². The van der Waals surface area contributed by atoms with Gasteiger partial charge in [0.1, 0.15) is 73.2 Å². The molecule has 0 unspecified atom stereocenters. The zero-order valence-electron chi connectivity index (χ0n) is 17.9. The third-order valence-electron chi connectivity index (χ3n) is 5.74. The normalized spacial score (nSPS) is 42.7. The van der Waals surface area contributed by atoms with E-state index in [-0.39, 0.29) is 0 Å². The van der Waals surface area contributed by atoms with Crippen LogP contribution in [0.4, 0.5) is 0 Å². The molecule has 0 aromatic carbocycles. The van der Waals surface area contributed by atoms with Gasteiger partial charge in [0.25, 0.3) is 0 Å². The minimum atomic E-state index is -1.98. The minimum Gasteiger partial charge on any atom is -0.394 e. The SMILES string of the molecule is OC[C@@H](O)[C@@H](O[C@@H]1O[C@H](CO)[C@H](O)[C@H](O[C@H]2O[C@H](CO)[C@@H](O)[C@H](O)[C@H]2O)[C@H]1O)[C@H](O)[C@@H](O)CO. The molecule has 0 aromatic rings. The zero-order chi connectivity index (χ0) is 25.7. The van der Waals surface area contributed by atoms with Crippen LogP contribution >= 0.6 is 0 Å². The molecule has 34 heavy (non-hydrogen) atoms. The lowest BCUT2D eigenvalue weighted by Gasteiger charge is -2.46. The Hall–Kier alpha value is -0.640. The lowest BCUT2D eigenvalue weighted by atomic mass is 9.96. The molecule has 2 fully saturated rings. The Balaban J connectivity index is 2.24. The van der Waals surface area contributed by atoms with Gasteiger partial charge in [-0.1, -0.05) is 0 Å².